The Morgan fingerprint density at radius 2 is 0.975 bits per heavy atom. The van der Waals surface area contributed by atoms with E-state index in [0.29, 0.717) is 11.1 Å². The van der Waals surface area contributed by atoms with E-state index in [4.69, 9.17) is 18.3 Å². The van der Waals surface area contributed by atoms with Gasteiger partial charge in [-0.3, -0.25) is 0 Å². The third-order valence-corrected chi connectivity index (χ3v) is 17.0. The van der Waals surface area contributed by atoms with Crippen LogP contribution in [0.5, 0.6) is 11.5 Å². The molecule has 4 N–H and O–H groups in total. The average molecular weight is 597 g/mol. The Labute approximate surface area is 240 Å². The minimum atomic E-state index is -2.09. The van der Waals surface area contributed by atoms with E-state index in [1.807, 2.05) is 0 Å². The molecule has 0 aliphatic carbocycles. The quantitative estimate of drug-likeness (QED) is 0.144. The Morgan fingerprint density at radius 3 is 1.25 bits per heavy atom. The lowest BCUT2D eigenvalue weighted by atomic mass is 10.2. The first-order chi connectivity index (χ1) is 18.3. The van der Waals surface area contributed by atoms with Gasteiger partial charge in [0.2, 0.25) is 11.4 Å². The Kier molecular flexibility index (Phi) is 11.5. The van der Waals surface area contributed by atoms with E-state index < -0.39 is 27.1 Å². The molecule has 0 aliphatic rings. The maximum atomic E-state index is 12.1. The van der Waals surface area contributed by atoms with Crippen molar-refractivity contribution in [3.63, 3.8) is 0 Å². The van der Waals surface area contributed by atoms with Crippen LogP contribution in [0, 0.1) is 10.4 Å². The molecule has 2 atom stereocenters. The molecule has 2 unspecified atom stereocenters. The van der Waals surface area contributed by atoms with Crippen LogP contribution in [0.4, 0.5) is 11.4 Å². The summed E-state index contributed by atoms with van der Waals surface area (Å²) in [6, 6.07) is 10.1. The summed E-state index contributed by atoms with van der Waals surface area (Å²) in [6.07, 6.45) is 0. The van der Waals surface area contributed by atoms with Crippen molar-refractivity contribution in [3.8, 4) is 11.5 Å². The highest BCUT2D eigenvalue weighted by molar-refractivity contribution is 6.74. The lowest BCUT2D eigenvalue weighted by molar-refractivity contribution is -0.991. The van der Waals surface area contributed by atoms with E-state index in [-0.39, 0.29) is 59.4 Å². The van der Waals surface area contributed by atoms with Gasteiger partial charge in [-0.2, -0.15) is 10.5 Å². The summed E-state index contributed by atoms with van der Waals surface area (Å²) in [4.78, 5) is 0. The van der Waals surface area contributed by atoms with Crippen molar-refractivity contribution in [1.29, 1.82) is 0 Å². The number of rotatable bonds is 13. The molecule has 0 saturated heterocycles. The molecule has 2 rings (SSSR count). The van der Waals surface area contributed by atoms with Crippen LogP contribution in [-0.4, -0.2) is 40.3 Å². The van der Waals surface area contributed by atoms with Crippen LogP contribution in [0.25, 0.3) is 0 Å². The van der Waals surface area contributed by atoms with Crippen LogP contribution >= 0.6 is 0 Å². The van der Waals surface area contributed by atoms with Crippen LogP contribution < -0.4 is 19.9 Å². The summed E-state index contributed by atoms with van der Waals surface area (Å²) in [5, 5.41) is 41.9. The zero-order chi connectivity index (χ0) is 30.5. The molecule has 0 heterocycles. The largest absolute Gasteiger partial charge is 0.595 e. The zero-order valence-electron chi connectivity index (χ0n) is 25.6. The fourth-order valence-electron chi connectivity index (χ4n) is 3.37. The van der Waals surface area contributed by atoms with Gasteiger partial charge < -0.3 is 28.7 Å². The predicted octanol–water partition coefficient (Wildman–Crippen LogP) is 4.99. The first-order valence-corrected chi connectivity index (χ1v) is 19.3. The van der Waals surface area contributed by atoms with E-state index in [1.165, 1.54) is 0 Å². The highest BCUT2D eigenvalue weighted by Gasteiger charge is 2.38. The molecule has 0 aromatic heterocycles. The first kappa shape index (κ1) is 34.4. The summed E-state index contributed by atoms with van der Waals surface area (Å²) in [6.45, 7) is 21.6. The second-order valence-corrected chi connectivity index (χ2v) is 22.6. The number of ether oxygens (including phenoxy) is 2. The minimum absolute atomic E-state index is 0.00912. The van der Waals surface area contributed by atoms with Gasteiger partial charge in [0.1, 0.15) is 13.2 Å². The summed E-state index contributed by atoms with van der Waals surface area (Å²) >= 11 is 0. The summed E-state index contributed by atoms with van der Waals surface area (Å²) in [5.41, 5.74) is 1.19. The number of hydrogen-bond acceptors (Lipinski definition) is 8. The van der Waals surface area contributed by atoms with Crippen molar-refractivity contribution in [2.75, 3.05) is 13.2 Å². The van der Waals surface area contributed by atoms with Crippen LogP contribution in [0.2, 0.25) is 36.3 Å². The van der Waals surface area contributed by atoms with Crippen molar-refractivity contribution < 1.29 is 39.2 Å². The van der Waals surface area contributed by atoms with Gasteiger partial charge in [-0.1, -0.05) is 65.8 Å². The third kappa shape index (κ3) is 8.82. The summed E-state index contributed by atoms with van der Waals surface area (Å²) in [5.74, 6) is 0.421. The molecule has 0 fully saturated rings. The molecular weight excluding hydrogens is 548 g/mol. The number of para-hydroxylation sites is 2. The molecule has 12 heteroatoms. The topological polar surface area (TPSA) is 132 Å². The van der Waals surface area contributed by atoms with Gasteiger partial charge in [0, 0.05) is 11.1 Å². The van der Waals surface area contributed by atoms with E-state index >= 15 is 0 Å². The monoisotopic (exact) mass is 596 g/mol. The predicted molar refractivity (Wildman–Crippen MR) is 159 cm³/mol. The minimum Gasteiger partial charge on any atom is -0.595 e. The van der Waals surface area contributed by atoms with E-state index in [0.717, 1.165) is 0 Å². The maximum Gasteiger partial charge on any atom is 0.211 e. The highest BCUT2D eigenvalue weighted by atomic mass is 28.4. The Balaban J connectivity index is 2.12. The van der Waals surface area contributed by atoms with Crippen molar-refractivity contribution in [3.05, 3.63) is 57.9 Å². The molecule has 0 aliphatic heterocycles. The van der Waals surface area contributed by atoms with Gasteiger partial charge in [-0.15, -0.1) is 0 Å². The molecule has 226 valence electrons. The highest BCUT2D eigenvalue weighted by Crippen LogP contribution is 2.39. The summed E-state index contributed by atoms with van der Waals surface area (Å²) in [7, 11) is -4.17. The second kappa shape index (κ2) is 13.4. The molecule has 0 amide bonds. The number of hydrogen-bond donors (Lipinski definition) is 4. The van der Waals surface area contributed by atoms with Crippen molar-refractivity contribution in [2.24, 2.45) is 0 Å². The molecule has 0 radical (unpaired) electrons. The molecule has 2 aromatic rings. The fraction of sp³-hybridized carbons (Fsp3) is 0.571. The van der Waals surface area contributed by atoms with Crippen molar-refractivity contribution >= 4 is 28.0 Å². The van der Waals surface area contributed by atoms with Gasteiger partial charge >= 0.3 is 0 Å². The van der Waals surface area contributed by atoms with Gasteiger partial charge in [-0.25, -0.2) is 10.4 Å². The standard InChI is InChI=1S/C28H48N2O8Si2/c1-27(2,3)39(7,8)37-19-21-13-11-15-23(25(21)29(31)32)35-17-18-36-24-16-12-14-22(26(24)30(33)34)20-38-40(9,10)28(4,5)6/h11-16,29-31,33H,17-20H2,1-10H3. The lowest BCUT2D eigenvalue weighted by Crippen LogP contribution is -2.99. The van der Waals surface area contributed by atoms with E-state index in [2.05, 4.69) is 67.7 Å². The molecule has 10 nitrogen and oxygen atoms in total. The average Bonchev–Trinajstić information content (AvgIpc) is 2.82. The molecule has 0 bridgehead atoms. The van der Waals surface area contributed by atoms with Gasteiger partial charge in [-0.05, 0) is 48.4 Å². The normalized spacial score (nSPS) is 14.7. The van der Waals surface area contributed by atoms with Gasteiger partial charge in [0.05, 0.1) is 13.2 Å². The van der Waals surface area contributed by atoms with Crippen LogP contribution in [0.1, 0.15) is 52.7 Å². The smallest absolute Gasteiger partial charge is 0.211 e. The maximum absolute atomic E-state index is 12.1. The van der Waals surface area contributed by atoms with Gasteiger partial charge in [0.25, 0.3) is 0 Å². The van der Waals surface area contributed by atoms with Crippen LogP contribution in [-0.2, 0) is 22.1 Å². The first-order valence-electron chi connectivity index (χ1n) is 13.5. The SMILES string of the molecule is CC(C)(C)[Si](C)(C)OCc1cccc(OCCOc2cccc(CO[Si](C)(C)C(C)(C)C)c2[NH+]([O-])O)c1[NH+]([O-])O. The molecule has 40 heavy (non-hydrogen) atoms. The van der Waals surface area contributed by atoms with Crippen LogP contribution in [0.3, 0.4) is 0 Å². The van der Waals surface area contributed by atoms with Crippen LogP contribution in [0.15, 0.2) is 36.4 Å². The number of benzene rings is 2. The lowest BCUT2D eigenvalue weighted by Gasteiger charge is -2.36. The molecule has 0 saturated carbocycles. The number of nitrogens with one attached hydrogen (secondary N) is 2. The molecular formula is C28H48N2O8Si2. The van der Waals surface area contributed by atoms with Gasteiger partial charge in [0.15, 0.2) is 28.1 Å². The second-order valence-electron chi connectivity index (χ2n) is 13.0. The Hall–Kier alpha value is -1.85. The van der Waals surface area contributed by atoms with E-state index in [1.54, 1.807) is 36.4 Å². The van der Waals surface area contributed by atoms with Crippen molar-refractivity contribution in [2.45, 2.75) is 91.0 Å². The number of quaternary nitrogens is 2. The Morgan fingerprint density at radius 1 is 0.650 bits per heavy atom. The summed E-state index contributed by atoms with van der Waals surface area (Å²) < 4.78 is 24.1. The Bertz CT molecular complexity index is 1020. The van der Waals surface area contributed by atoms with E-state index in [9.17, 15) is 20.8 Å². The molecule has 2 aromatic carbocycles. The zero-order valence-corrected chi connectivity index (χ0v) is 27.6. The fourth-order valence-corrected chi connectivity index (χ4v) is 5.27. The third-order valence-electron chi connectivity index (χ3n) is 8.04. The molecule has 0 spiro atoms. The van der Waals surface area contributed by atoms with Crippen molar-refractivity contribution in [1.82, 2.24) is 0 Å².